The molecule has 0 aromatic heterocycles. The van der Waals surface area contributed by atoms with Crippen molar-refractivity contribution < 1.29 is 28.8 Å². The van der Waals surface area contributed by atoms with E-state index in [1.54, 1.807) is 56.3 Å². The highest BCUT2D eigenvalue weighted by Crippen LogP contribution is 2.27. The van der Waals surface area contributed by atoms with Crippen molar-refractivity contribution in [2.45, 2.75) is 26.7 Å². The molecule has 8 heteroatoms. The number of hydrogen-bond acceptors (Lipinski definition) is 7. The van der Waals surface area contributed by atoms with Gasteiger partial charge in [0, 0.05) is 24.1 Å². The molecule has 8 nitrogen and oxygen atoms in total. The molecule has 0 aliphatic carbocycles. The molecule has 0 aliphatic rings. The van der Waals surface area contributed by atoms with E-state index in [0.29, 0.717) is 11.1 Å². The first-order chi connectivity index (χ1) is 14.9. The fourth-order valence-electron chi connectivity index (χ4n) is 3.29. The van der Waals surface area contributed by atoms with Crippen LogP contribution in [-0.4, -0.2) is 35.9 Å². The maximum Gasteiger partial charge on any atom is 0.320 e. The Balaban J connectivity index is 2.37. The Hall–Kier alpha value is -3.55. The third kappa shape index (κ3) is 6.74. The zero-order valence-corrected chi connectivity index (χ0v) is 17.5. The minimum absolute atomic E-state index is 0.0750. The number of carbonyl (C=O) groups is 3. The van der Waals surface area contributed by atoms with Gasteiger partial charge in [-0.1, -0.05) is 42.5 Å². The third-order valence-electron chi connectivity index (χ3n) is 4.74. The van der Waals surface area contributed by atoms with Crippen molar-refractivity contribution in [3.63, 3.8) is 0 Å². The standard InChI is InChI=1S/C23H25NO7/c1-3-30-22(26)21(23(27)31-4-2)18(15-20(25)17-8-6-5-7-9-17)14-16-10-12-19(13-11-16)24(28)29/h5-13,18,21H,3-4,14-15H2,1-2H3/t18-/m0/s1. The molecule has 0 aliphatic heterocycles. The predicted molar refractivity (Wildman–Crippen MR) is 112 cm³/mol. The average molecular weight is 427 g/mol. The molecule has 2 aromatic carbocycles. The van der Waals surface area contributed by atoms with Crippen molar-refractivity contribution in [1.29, 1.82) is 0 Å². The van der Waals surface area contributed by atoms with Crippen molar-refractivity contribution in [3.05, 3.63) is 75.8 Å². The molecule has 0 saturated heterocycles. The van der Waals surface area contributed by atoms with Crippen LogP contribution >= 0.6 is 0 Å². The van der Waals surface area contributed by atoms with Crippen molar-refractivity contribution in [1.82, 2.24) is 0 Å². The van der Waals surface area contributed by atoms with Gasteiger partial charge < -0.3 is 9.47 Å². The molecule has 2 rings (SSSR count). The number of Topliss-reactive ketones (excluding diaryl/α,β-unsaturated/α-hetero) is 1. The summed E-state index contributed by atoms with van der Waals surface area (Å²) in [6.45, 7) is 3.40. The molecule has 1 atom stereocenters. The van der Waals surface area contributed by atoms with Crippen molar-refractivity contribution in [3.8, 4) is 0 Å². The number of carbonyl (C=O) groups excluding carboxylic acids is 3. The molecule has 0 bridgehead atoms. The van der Waals surface area contributed by atoms with E-state index in [0.717, 1.165) is 0 Å². The van der Waals surface area contributed by atoms with Crippen LogP contribution in [0.1, 0.15) is 36.2 Å². The highest BCUT2D eigenvalue weighted by molar-refractivity contribution is 5.99. The zero-order valence-electron chi connectivity index (χ0n) is 17.5. The number of ketones is 1. The van der Waals surface area contributed by atoms with Crippen LogP contribution in [0.3, 0.4) is 0 Å². The highest BCUT2D eigenvalue weighted by atomic mass is 16.6. The number of esters is 2. The van der Waals surface area contributed by atoms with Crippen LogP contribution < -0.4 is 0 Å². The van der Waals surface area contributed by atoms with Crippen LogP contribution in [0.5, 0.6) is 0 Å². The molecule has 0 saturated carbocycles. The molecule has 164 valence electrons. The summed E-state index contributed by atoms with van der Waals surface area (Å²) in [6, 6.07) is 14.3. The summed E-state index contributed by atoms with van der Waals surface area (Å²) in [5.41, 5.74) is 1.03. The maximum absolute atomic E-state index is 12.9. The smallest absolute Gasteiger partial charge is 0.320 e. The van der Waals surface area contributed by atoms with Gasteiger partial charge in [-0.2, -0.15) is 0 Å². The summed E-state index contributed by atoms with van der Waals surface area (Å²) >= 11 is 0. The van der Waals surface area contributed by atoms with Crippen LogP contribution in [0.2, 0.25) is 0 Å². The molecular weight excluding hydrogens is 402 g/mol. The number of nitrogens with zero attached hydrogens (tertiary/aromatic N) is 1. The summed E-state index contributed by atoms with van der Waals surface area (Å²) in [5, 5.41) is 10.9. The summed E-state index contributed by atoms with van der Waals surface area (Å²) in [5.74, 6) is -3.77. The van der Waals surface area contributed by atoms with Crippen LogP contribution in [0.15, 0.2) is 54.6 Å². The first kappa shape index (κ1) is 23.7. The fraction of sp³-hybridized carbons (Fsp3) is 0.348. The van der Waals surface area contributed by atoms with E-state index in [-0.39, 0.29) is 37.5 Å². The van der Waals surface area contributed by atoms with Gasteiger partial charge in [0.2, 0.25) is 0 Å². The number of nitro benzene ring substituents is 1. The molecule has 31 heavy (non-hydrogen) atoms. The van der Waals surface area contributed by atoms with E-state index in [9.17, 15) is 24.5 Å². The van der Waals surface area contributed by atoms with Crippen molar-refractivity contribution in [2.75, 3.05) is 13.2 Å². The van der Waals surface area contributed by atoms with Crippen LogP contribution in [0, 0.1) is 22.0 Å². The van der Waals surface area contributed by atoms with Gasteiger partial charge >= 0.3 is 11.9 Å². The lowest BCUT2D eigenvalue weighted by Crippen LogP contribution is -2.36. The Morgan fingerprint density at radius 2 is 1.45 bits per heavy atom. The number of hydrogen-bond donors (Lipinski definition) is 0. The van der Waals surface area contributed by atoms with Gasteiger partial charge in [0.25, 0.3) is 5.69 Å². The summed E-state index contributed by atoms with van der Waals surface area (Å²) in [7, 11) is 0. The molecular formula is C23H25NO7. The Morgan fingerprint density at radius 1 is 0.903 bits per heavy atom. The van der Waals surface area contributed by atoms with Gasteiger partial charge in [-0.15, -0.1) is 0 Å². The molecule has 0 spiro atoms. The zero-order chi connectivity index (χ0) is 22.8. The molecule has 0 heterocycles. The van der Waals surface area contributed by atoms with Gasteiger partial charge in [-0.25, -0.2) is 0 Å². The lowest BCUT2D eigenvalue weighted by Gasteiger charge is -2.24. The topological polar surface area (TPSA) is 113 Å². The minimum atomic E-state index is -1.29. The normalized spacial score (nSPS) is 11.6. The van der Waals surface area contributed by atoms with E-state index in [1.165, 1.54) is 12.1 Å². The lowest BCUT2D eigenvalue weighted by molar-refractivity contribution is -0.384. The predicted octanol–water partition coefficient (Wildman–Crippen LogP) is 3.77. The second kappa shape index (κ2) is 11.6. The number of non-ortho nitro benzene ring substituents is 1. The van der Waals surface area contributed by atoms with Crippen LogP contribution in [0.4, 0.5) is 5.69 Å². The van der Waals surface area contributed by atoms with E-state index >= 15 is 0 Å². The second-order valence-corrected chi connectivity index (χ2v) is 6.86. The largest absolute Gasteiger partial charge is 0.465 e. The Morgan fingerprint density at radius 3 is 1.94 bits per heavy atom. The monoisotopic (exact) mass is 427 g/mol. The quantitative estimate of drug-likeness (QED) is 0.176. The molecule has 0 unspecified atom stereocenters. The molecule has 2 aromatic rings. The molecule has 0 fully saturated rings. The molecule has 0 N–H and O–H groups in total. The van der Waals surface area contributed by atoms with E-state index in [2.05, 4.69) is 0 Å². The Bertz CT molecular complexity index is 891. The lowest BCUT2D eigenvalue weighted by atomic mass is 9.82. The van der Waals surface area contributed by atoms with Crippen LogP contribution in [0.25, 0.3) is 0 Å². The first-order valence-electron chi connectivity index (χ1n) is 10.0. The molecule has 0 radical (unpaired) electrons. The second-order valence-electron chi connectivity index (χ2n) is 6.86. The average Bonchev–Trinajstić information content (AvgIpc) is 2.75. The highest BCUT2D eigenvalue weighted by Gasteiger charge is 2.38. The summed E-state index contributed by atoms with van der Waals surface area (Å²) in [4.78, 5) is 48.5. The summed E-state index contributed by atoms with van der Waals surface area (Å²) in [6.07, 6.45) is 0.0716. The third-order valence-corrected chi connectivity index (χ3v) is 4.74. The fourth-order valence-corrected chi connectivity index (χ4v) is 3.29. The van der Waals surface area contributed by atoms with E-state index in [1.807, 2.05) is 0 Å². The summed E-state index contributed by atoms with van der Waals surface area (Å²) < 4.78 is 10.2. The number of nitro groups is 1. The minimum Gasteiger partial charge on any atom is -0.465 e. The SMILES string of the molecule is CCOC(=O)C(C(=O)OCC)[C@H](CC(=O)c1ccccc1)Cc1ccc([N+](=O)[O-])cc1. The van der Waals surface area contributed by atoms with Crippen molar-refractivity contribution >= 4 is 23.4 Å². The van der Waals surface area contributed by atoms with Gasteiger partial charge in [0.05, 0.1) is 18.1 Å². The Labute approximate surface area is 180 Å². The van der Waals surface area contributed by atoms with Gasteiger partial charge in [0.15, 0.2) is 11.7 Å². The Kier molecular flexibility index (Phi) is 8.87. The number of rotatable bonds is 11. The van der Waals surface area contributed by atoms with E-state index in [4.69, 9.17) is 9.47 Å². The van der Waals surface area contributed by atoms with Gasteiger partial charge in [-0.3, -0.25) is 24.5 Å². The van der Waals surface area contributed by atoms with Crippen LogP contribution in [-0.2, 0) is 25.5 Å². The van der Waals surface area contributed by atoms with Gasteiger partial charge in [0.1, 0.15) is 0 Å². The van der Waals surface area contributed by atoms with Gasteiger partial charge in [-0.05, 0) is 31.7 Å². The first-order valence-corrected chi connectivity index (χ1v) is 10.0. The van der Waals surface area contributed by atoms with E-state index < -0.39 is 28.7 Å². The number of ether oxygens (including phenoxy) is 2. The van der Waals surface area contributed by atoms with Crippen molar-refractivity contribution in [2.24, 2.45) is 11.8 Å². The maximum atomic E-state index is 12.9. The number of benzene rings is 2. The molecule has 0 amide bonds.